The highest BCUT2D eigenvalue weighted by Gasteiger charge is 2.38. The number of hydrogen-bond acceptors (Lipinski definition) is 2. The summed E-state index contributed by atoms with van der Waals surface area (Å²) in [6.45, 7) is 0.365. The number of aliphatic hydroxyl groups is 1. The number of aliphatic hydroxyl groups excluding tert-OH is 1. The SMILES string of the molecule is OCCCSCC1CC2CCC1C2. The normalized spacial score (nSPS) is 37.2. The fourth-order valence-electron chi connectivity index (χ4n) is 2.98. The number of fused-ring (bicyclic) bond motifs is 2. The van der Waals surface area contributed by atoms with Gasteiger partial charge in [0.1, 0.15) is 0 Å². The van der Waals surface area contributed by atoms with E-state index in [0.717, 1.165) is 29.9 Å². The number of thioether (sulfide) groups is 1. The van der Waals surface area contributed by atoms with E-state index in [0.29, 0.717) is 6.61 Å². The zero-order chi connectivity index (χ0) is 9.10. The van der Waals surface area contributed by atoms with Crippen LogP contribution in [0.3, 0.4) is 0 Å². The molecule has 0 aromatic rings. The van der Waals surface area contributed by atoms with Crippen LogP contribution in [0.5, 0.6) is 0 Å². The summed E-state index contributed by atoms with van der Waals surface area (Å²) in [4.78, 5) is 0. The minimum absolute atomic E-state index is 0.365. The van der Waals surface area contributed by atoms with E-state index in [-0.39, 0.29) is 0 Å². The molecule has 0 spiro atoms. The van der Waals surface area contributed by atoms with E-state index in [9.17, 15) is 0 Å². The van der Waals surface area contributed by atoms with Crippen molar-refractivity contribution >= 4 is 11.8 Å². The standard InChI is InChI=1S/C11H20OS/c12-4-1-5-13-8-11-7-9-2-3-10(11)6-9/h9-12H,1-8H2. The Balaban J connectivity index is 1.60. The minimum atomic E-state index is 0.365. The summed E-state index contributed by atoms with van der Waals surface area (Å²) < 4.78 is 0. The van der Waals surface area contributed by atoms with Gasteiger partial charge >= 0.3 is 0 Å². The van der Waals surface area contributed by atoms with Crippen LogP contribution in [-0.2, 0) is 0 Å². The monoisotopic (exact) mass is 200 g/mol. The predicted octanol–water partition coefficient (Wildman–Crippen LogP) is 2.54. The van der Waals surface area contributed by atoms with Gasteiger partial charge in [0.15, 0.2) is 0 Å². The van der Waals surface area contributed by atoms with Gasteiger partial charge < -0.3 is 5.11 Å². The Bertz CT molecular complexity index is 160. The molecule has 1 N–H and O–H groups in total. The van der Waals surface area contributed by atoms with Crippen LogP contribution in [0.2, 0.25) is 0 Å². The Morgan fingerprint density at radius 2 is 2.15 bits per heavy atom. The van der Waals surface area contributed by atoms with E-state index in [1.165, 1.54) is 31.4 Å². The molecule has 3 atom stereocenters. The molecule has 2 bridgehead atoms. The first-order valence-electron chi connectivity index (χ1n) is 5.58. The summed E-state index contributed by atoms with van der Waals surface area (Å²) in [6, 6.07) is 0. The summed E-state index contributed by atoms with van der Waals surface area (Å²) in [5.74, 6) is 5.72. The third-order valence-electron chi connectivity index (χ3n) is 3.66. The lowest BCUT2D eigenvalue weighted by molar-refractivity contribution is 0.296. The van der Waals surface area contributed by atoms with Crippen LogP contribution in [0.4, 0.5) is 0 Å². The summed E-state index contributed by atoms with van der Waals surface area (Å²) >= 11 is 2.05. The van der Waals surface area contributed by atoms with Crippen molar-refractivity contribution in [3.8, 4) is 0 Å². The highest BCUT2D eigenvalue weighted by molar-refractivity contribution is 7.99. The second-order valence-electron chi connectivity index (χ2n) is 4.59. The van der Waals surface area contributed by atoms with Gasteiger partial charge in [-0.2, -0.15) is 11.8 Å². The molecular formula is C11H20OS. The van der Waals surface area contributed by atoms with Crippen LogP contribution in [0.25, 0.3) is 0 Å². The second-order valence-corrected chi connectivity index (χ2v) is 5.74. The Morgan fingerprint density at radius 3 is 2.77 bits per heavy atom. The average molecular weight is 200 g/mol. The molecule has 2 aliphatic carbocycles. The maximum Gasteiger partial charge on any atom is 0.0438 e. The van der Waals surface area contributed by atoms with Crippen LogP contribution in [0, 0.1) is 17.8 Å². The van der Waals surface area contributed by atoms with Crippen molar-refractivity contribution in [2.45, 2.75) is 32.1 Å². The van der Waals surface area contributed by atoms with E-state index in [2.05, 4.69) is 11.8 Å². The number of rotatable bonds is 5. The van der Waals surface area contributed by atoms with Gasteiger partial charge in [0.05, 0.1) is 0 Å². The fraction of sp³-hybridized carbons (Fsp3) is 1.00. The zero-order valence-electron chi connectivity index (χ0n) is 8.24. The van der Waals surface area contributed by atoms with Gasteiger partial charge in [-0.3, -0.25) is 0 Å². The van der Waals surface area contributed by atoms with Crippen molar-refractivity contribution in [2.24, 2.45) is 17.8 Å². The van der Waals surface area contributed by atoms with Crippen molar-refractivity contribution in [1.82, 2.24) is 0 Å². The quantitative estimate of drug-likeness (QED) is 0.688. The summed E-state index contributed by atoms with van der Waals surface area (Å²) in [5.41, 5.74) is 0. The molecular weight excluding hydrogens is 180 g/mol. The van der Waals surface area contributed by atoms with Crippen LogP contribution >= 0.6 is 11.8 Å². The topological polar surface area (TPSA) is 20.2 Å². The van der Waals surface area contributed by atoms with Gasteiger partial charge in [0, 0.05) is 6.61 Å². The second kappa shape index (κ2) is 4.70. The van der Waals surface area contributed by atoms with Gasteiger partial charge in [-0.15, -0.1) is 0 Å². The fourth-order valence-corrected chi connectivity index (χ4v) is 4.19. The number of hydrogen-bond donors (Lipinski definition) is 1. The lowest BCUT2D eigenvalue weighted by Gasteiger charge is -2.20. The third kappa shape index (κ3) is 2.41. The zero-order valence-corrected chi connectivity index (χ0v) is 9.06. The van der Waals surface area contributed by atoms with E-state index < -0.39 is 0 Å². The van der Waals surface area contributed by atoms with E-state index in [1.807, 2.05) is 0 Å². The van der Waals surface area contributed by atoms with Gasteiger partial charge in [-0.1, -0.05) is 6.42 Å². The van der Waals surface area contributed by atoms with Gasteiger partial charge in [0.2, 0.25) is 0 Å². The van der Waals surface area contributed by atoms with Crippen LogP contribution in [0.1, 0.15) is 32.1 Å². The Labute approximate surface area is 85.3 Å². The lowest BCUT2D eigenvalue weighted by atomic mass is 9.90. The summed E-state index contributed by atoms with van der Waals surface area (Å²) in [5, 5.41) is 8.65. The van der Waals surface area contributed by atoms with Crippen LogP contribution in [-0.4, -0.2) is 23.2 Å². The van der Waals surface area contributed by atoms with E-state index >= 15 is 0 Å². The van der Waals surface area contributed by atoms with Crippen LogP contribution < -0.4 is 0 Å². The summed E-state index contributed by atoms with van der Waals surface area (Å²) in [7, 11) is 0. The third-order valence-corrected chi connectivity index (χ3v) is 4.90. The van der Waals surface area contributed by atoms with E-state index in [1.54, 1.807) is 0 Å². The molecule has 2 aliphatic rings. The molecule has 0 amide bonds. The van der Waals surface area contributed by atoms with Crippen molar-refractivity contribution < 1.29 is 5.11 Å². The van der Waals surface area contributed by atoms with E-state index in [4.69, 9.17) is 5.11 Å². The Morgan fingerprint density at radius 1 is 1.23 bits per heavy atom. The molecule has 3 unspecified atom stereocenters. The molecule has 0 aromatic heterocycles. The highest BCUT2D eigenvalue weighted by Crippen LogP contribution is 2.49. The van der Waals surface area contributed by atoms with Crippen molar-refractivity contribution in [1.29, 1.82) is 0 Å². The van der Waals surface area contributed by atoms with Crippen molar-refractivity contribution in [3.63, 3.8) is 0 Å². The maximum atomic E-state index is 8.65. The lowest BCUT2D eigenvalue weighted by Crippen LogP contribution is -2.13. The molecule has 0 radical (unpaired) electrons. The largest absolute Gasteiger partial charge is 0.396 e. The predicted molar refractivity (Wildman–Crippen MR) is 58.0 cm³/mol. The smallest absolute Gasteiger partial charge is 0.0438 e. The van der Waals surface area contributed by atoms with Crippen molar-refractivity contribution in [2.75, 3.05) is 18.1 Å². The minimum Gasteiger partial charge on any atom is -0.396 e. The average Bonchev–Trinajstić information content (AvgIpc) is 2.73. The molecule has 2 heteroatoms. The molecule has 0 aliphatic heterocycles. The first kappa shape index (κ1) is 9.85. The maximum absolute atomic E-state index is 8.65. The molecule has 76 valence electrons. The molecule has 2 rings (SSSR count). The molecule has 2 saturated carbocycles. The molecule has 2 fully saturated rings. The molecule has 1 nitrogen and oxygen atoms in total. The van der Waals surface area contributed by atoms with Gasteiger partial charge in [-0.05, 0) is 54.9 Å². The van der Waals surface area contributed by atoms with Gasteiger partial charge in [0.25, 0.3) is 0 Å². The van der Waals surface area contributed by atoms with Crippen molar-refractivity contribution in [3.05, 3.63) is 0 Å². The molecule has 0 heterocycles. The first-order valence-corrected chi connectivity index (χ1v) is 6.74. The molecule has 0 aromatic carbocycles. The van der Waals surface area contributed by atoms with Crippen LogP contribution in [0.15, 0.2) is 0 Å². The highest BCUT2D eigenvalue weighted by atomic mass is 32.2. The Hall–Kier alpha value is 0.310. The Kier molecular flexibility index (Phi) is 3.56. The van der Waals surface area contributed by atoms with Gasteiger partial charge in [-0.25, -0.2) is 0 Å². The summed E-state index contributed by atoms with van der Waals surface area (Å²) in [6.07, 6.45) is 7.05. The molecule has 0 saturated heterocycles. The molecule has 13 heavy (non-hydrogen) atoms. The first-order chi connectivity index (χ1) is 6.40.